The van der Waals surface area contributed by atoms with Crippen LogP contribution in [0, 0.1) is 5.92 Å². The summed E-state index contributed by atoms with van der Waals surface area (Å²) in [4.78, 5) is 24.8. The van der Waals surface area contributed by atoms with Gasteiger partial charge in [-0.1, -0.05) is 13.8 Å². The second kappa shape index (κ2) is 8.94. The number of hydrogen-bond donors (Lipinski definition) is 1. The third kappa shape index (κ3) is 5.03. The van der Waals surface area contributed by atoms with Gasteiger partial charge in [0.25, 0.3) is 0 Å². The second-order valence-electron chi connectivity index (χ2n) is 7.39. The van der Waals surface area contributed by atoms with E-state index in [1.165, 1.54) is 0 Å². The van der Waals surface area contributed by atoms with E-state index in [0.717, 1.165) is 38.0 Å². The highest BCUT2D eigenvalue weighted by atomic mass is 16.4. The Kier molecular flexibility index (Phi) is 6.39. The highest BCUT2D eigenvalue weighted by molar-refractivity contribution is 5.75. The molecule has 1 aliphatic rings. The summed E-state index contributed by atoms with van der Waals surface area (Å²) < 4.78 is 1.85. The van der Waals surface area contributed by atoms with Gasteiger partial charge < -0.3 is 10.0 Å². The summed E-state index contributed by atoms with van der Waals surface area (Å²) in [6.45, 7) is 8.04. The molecule has 27 heavy (non-hydrogen) atoms. The minimum atomic E-state index is -0.831. The minimum absolute atomic E-state index is 0.588. The largest absolute Gasteiger partial charge is 0.480 e. The summed E-state index contributed by atoms with van der Waals surface area (Å²) in [5.74, 6) is 0.459. The molecule has 0 bridgehead atoms. The van der Waals surface area contributed by atoms with E-state index in [1.54, 1.807) is 24.7 Å². The quantitative estimate of drug-likeness (QED) is 0.796. The molecule has 2 aromatic rings. The zero-order valence-corrected chi connectivity index (χ0v) is 16.0. The predicted octanol–water partition coefficient (Wildman–Crippen LogP) is 2.06. The van der Waals surface area contributed by atoms with Gasteiger partial charge in [0.1, 0.15) is 6.04 Å². The number of nitrogens with zero attached hydrogens (tertiary/aromatic N) is 6. The lowest BCUT2D eigenvalue weighted by Gasteiger charge is -2.26. The van der Waals surface area contributed by atoms with E-state index in [1.807, 2.05) is 15.8 Å². The lowest BCUT2D eigenvalue weighted by Crippen LogP contribution is -2.37. The van der Waals surface area contributed by atoms with Gasteiger partial charge in [0, 0.05) is 56.9 Å². The average Bonchev–Trinajstić information content (AvgIpc) is 2.97. The van der Waals surface area contributed by atoms with E-state index in [2.05, 4.69) is 33.8 Å². The van der Waals surface area contributed by atoms with Gasteiger partial charge in [0.15, 0.2) is 0 Å². The van der Waals surface area contributed by atoms with Crippen molar-refractivity contribution in [2.24, 2.45) is 5.92 Å². The molecule has 0 aromatic carbocycles. The molecular formula is C19H28N6O2. The lowest BCUT2D eigenvalue weighted by molar-refractivity contribution is -0.143. The van der Waals surface area contributed by atoms with Crippen molar-refractivity contribution in [2.75, 3.05) is 31.1 Å². The number of aryl methyl sites for hydroxylation is 1. The predicted molar refractivity (Wildman–Crippen MR) is 102 cm³/mol. The van der Waals surface area contributed by atoms with E-state index in [4.69, 9.17) is 0 Å². The van der Waals surface area contributed by atoms with Gasteiger partial charge in [-0.3, -0.25) is 14.4 Å². The number of aliphatic carboxylic acids is 1. The van der Waals surface area contributed by atoms with Crippen LogP contribution in [0.25, 0.3) is 0 Å². The molecule has 1 saturated heterocycles. The number of carboxylic acid groups (broad SMARTS) is 1. The second-order valence-corrected chi connectivity index (χ2v) is 7.39. The maximum absolute atomic E-state index is 12.0. The van der Waals surface area contributed by atoms with Gasteiger partial charge in [-0.2, -0.15) is 5.10 Å². The number of aromatic nitrogens is 4. The van der Waals surface area contributed by atoms with Crippen molar-refractivity contribution in [1.82, 2.24) is 24.6 Å². The molecule has 3 heterocycles. The van der Waals surface area contributed by atoms with E-state index in [9.17, 15) is 9.90 Å². The van der Waals surface area contributed by atoms with E-state index < -0.39 is 12.0 Å². The molecule has 1 atom stereocenters. The van der Waals surface area contributed by atoms with Crippen LogP contribution in [-0.2, 0) is 11.3 Å². The van der Waals surface area contributed by atoms with Gasteiger partial charge in [0.05, 0.1) is 6.20 Å². The Morgan fingerprint density at radius 3 is 2.67 bits per heavy atom. The van der Waals surface area contributed by atoms with Crippen molar-refractivity contribution in [1.29, 1.82) is 0 Å². The summed E-state index contributed by atoms with van der Waals surface area (Å²) in [5, 5.41) is 14.2. The smallest absolute Gasteiger partial charge is 0.325 e. The molecule has 2 aromatic heterocycles. The third-order valence-electron chi connectivity index (χ3n) is 4.87. The van der Waals surface area contributed by atoms with Crippen LogP contribution >= 0.6 is 0 Å². The first-order chi connectivity index (χ1) is 13.0. The van der Waals surface area contributed by atoms with Gasteiger partial charge in [-0.25, -0.2) is 9.97 Å². The number of carbonyl (C=O) groups is 1. The van der Waals surface area contributed by atoms with Crippen LogP contribution in [0.4, 0.5) is 5.95 Å². The van der Waals surface area contributed by atoms with Crippen molar-refractivity contribution >= 4 is 11.9 Å². The van der Waals surface area contributed by atoms with Gasteiger partial charge in [-0.15, -0.1) is 0 Å². The standard InChI is InChI=1S/C19H28N6O2/c1-15(2)5-10-25-14-16(13-22-25)17(18(26)27)23-8-4-9-24(12-11-23)19-20-6-3-7-21-19/h3,6-7,13-15,17H,4-5,8-12H2,1-2H3,(H,26,27). The molecular weight excluding hydrogens is 344 g/mol. The van der Waals surface area contributed by atoms with Crippen LogP contribution in [0.15, 0.2) is 30.9 Å². The molecule has 0 aliphatic carbocycles. The molecule has 0 amide bonds. The van der Waals surface area contributed by atoms with Crippen molar-refractivity contribution in [3.05, 3.63) is 36.4 Å². The fourth-order valence-corrected chi connectivity index (χ4v) is 3.39. The number of anilines is 1. The maximum Gasteiger partial charge on any atom is 0.325 e. The Bertz CT molecular complexity index is 733. The molecule has 0 radical (unpaired) electrons. The fourth-order valence-electron chi connectivity index (χ4n) is 3.39. The molecule has 8 heteroatoms. The minimum Gasteiger partial charge on any atom is -0.480 e. The maximum atomic E-state index is 12.0. The zero-order chi connectivity index (χ0) is 19.2. The molecule has 8 nitrogen and oxygen atoms in total. The first-order valence-corrected chi connectivity index (χ1v) is 9.56. The number of carboxylic acids is 1. The molecule has 1 aliphatic heterocycles. The highest BCUT2D eigenvalue weighted by Crippen LogP contribution is 2.23. The van der Waals surface area contributed by atoms with Crippen molar-refractivity contribution < 1.29 is 9.90 Å². The number of rotatable bonds is 7. The Labute approximate surface area is 159 Å². The van der Waals surface area contributed by atoms with Crippen LogP contribution in [0.3, 0.4) is 0 Å². The highest BCUT2D eigenvalue weighted by Gasteiger charge is 2.30. The van der Waals surface area contributed by atoms with Crippen LogP contribution in [-0.4, -0.2) is 61.9 Å². The lowest BCUT2D eigenvalue weighted by atomic mass is 10.1. The Hall–Kier alpha value is -2.48. The average molecular weight is 372 g/mol. The summed E-state index contributed by atoms with van der Waals surface area (Å²) in [7, 11) is 0. The third-order valence-corrected chi connectivity index (χ3v) is 4.87. The topological polar surface area (TPSA) is 87.4 Å². The van der Waals surface area contributed by atoms with E-state index >= 15 is 0 Å². The Balaban J connectivity index is 1.69. The van der Waals surface area contributed by atoms with Crippen LogP contribution < -0.4 is 4.90 Å². The molecule has 146 valence electrons. The van der Waals surface area contributed by atoms with Crippen molar-refractivity contribution in [3.63, 3.8) is 0 Å². The van der Waals surface area contributed by atoms with Crippen molar-refractivity contribution in [3.8, 4) is 0 Å². The van der Waals surface area contributed by atoms with Crippen LogP contribution in [0.5, 0.6) is 0 Å². The Morgan fingerprint density at radius 1 is 1.19 bits per heavy atom. The van der Waals surface area contributed by atoms with Gasteiger partial charge >= 0.3 is 5.97 Å². The van der Waals surface area contributed by atoms with Crippen molar-refractivity contribution in [2.45, 2.75) is 39.3 Å². The van der Waals surface area contributed by atoms with E-state index in [-0.39, 0.29) is 0 Å². The van der Waals surface area contributed by atoms with Crippen LogP contribution in [0.2, 0.25) is 0 Å². The fraction of sp³-hybridized carbons (Fsp3) is 0.579. The molecule has 3 rings (SSSR count). The monoisotopic (exact) mass is 372 g/mol. The first kappa shape index (κ1) is 19.3. The summed E-state index contributed by atoms with van der Waals surface area (Å²) in [6, 6.07) is 1.12. The Morgan fingerprint density at radius 2 is 1.96 bits per heavy atom. The van der Waals surface area contributed by atoms with Gasteiger partial charge in [-0.05, 0) is 24.8 Å². The SMILES string of the molecule is CC(C)CCn1cc(C(C(=O)O)N2CCCN(c3ncccn3)CC2)cn1. The van der Waals surface area contributed by atoms with E-state index in [0.29, 0.717) is 25.0 Å². The molecule has 0 saturated carbocycles. The first-order valence-electron chi connectivity index (χ1n) is 9.56. The summed E-state index contributed by atoms with van der Waals surface area (Å²) >= 11 is 0. The summed E-state index contributed by atoms with van der Waals surface area (Å²) in [5.41, 5.74) is 0.746. The normalized spacial score (nSPS) is 17.1. The van der Waals surface area contributed by atoms with Gasteiger partial charge in [0.2, 0.25) is 5.95 Å². The molecule has 1 unspecified atom stereocenters. The number of hydrogen-bond acceptors (Lipinski definition) is 6. The summed E-state index contributed by atoms with van der Waals surface area (Å²) in [6.07, 6.45) is 8.93. The molecule has 0 spiro atoms. The molecule has 1 N–H and O–H groups in total. The van der Waals surface area contributed by atoms with Crippen LogP contribution in [0.1, 0.15) is 38.3 Å². The zero-order valence-electron chi connectivity index (χ0n) is 16.0. The molecule has 1 fully saturated rings.